The maximum Gasteiger partial charge on any atom is 0.279 e. The Hall–Kier alpha value is -1.89. The number of anilines is 2. The molecule has 1 aromatic carbocycles. The molecule has 0 bridgehead atoms. The van der Waals surface area contributed by atoms with E-state index in [0.29, 0.717) is 12.6 Å². The van der Waals surface area contributed by atoms with Gasteiger partial charge in [0, 0.05) is 24.2 Å². The Kier molecular flexibility index (Phi) is 6.29. The summed E-state index contributed by atoms with van der Waals surface area (Å²) in [5, 5.41) is 5.24. The SMILES string of the molecule is CC[NH+]1CCN(c2ccc(NC(=O)C[NH+]3CCC[C@H]3c3cccs3)cc2)CC1. The summed E-state index contributed by atoms with van der Waals surface area (Å²) >= 11 is 1.81. The monoisotopic (exact) mass is 400 g/mol. The summed E-state index contributed by atoms with van der Waals surface area (Å²) in [7, 11) is 0. The molecular formula is C22H32N4OS+2. The summed E-state index contributed by atoms with van der Waals surface area (Å²) in [6.07, 6.45) is 2.39. The molecule has 150 valence electrons. The van der Waals surface area contributed by atoms with Crippen LogP contribution in [0.1, 0.15) is 30.7 Å². The van der Waals surface area contributed by atoms with Crippen LogP contribution >= 0.6 is 11.3 Å². The van der Waals surface area contributed by atoms with Crippen LogP contribution in [0, 0.1) is 0 Å². The highest BCUT2D eigenvalue weighted by molar-refractivity contribution is 7.10. The molecule has 4 rings (SSSR count). The van der Waals surface area contributed by atoms with E-state index in [1.807, 2.05) is 23.5 Å². The highest BCUT2D eigenvalue weighted by Crippen LogP contribution is 2.23. The Balaban J connectivity index is 1.30. The van der Waals surface area contributed by atoms with Gasteiger partial charge in [-0.05, 0) is 42.6 Å². The van der Waals surface area contributed by atoms with E-state index in [2.05, 4.69) is 46.8 Å². The highest BCUT2D eigenvalue weighted by Gasteiger charge is 2.32. The molecular weight excluding hydrogens is 368 g/mol. The van der Waals surface area contributed by atoms with Crippen molar-refractivity contribution in [2.24, 2.45) is 0 Å². The summed E-state index contributed by atoms with van der Waals surface area (Å²) in [5.41, 5.74) is 2.16. The van der Waals surface area contributed by atoms with Gasteiger partial charge in [0.05, 0.1) is 44.1 Å². The van der Waals surface area contributed by atoms with Crippen LogP contribution in [0.2, 0.25) is 0 Å². The van der Waals surface area contributed by atoms with E-state index in [4.69, 9.17) is 0 Å². The number of piperazine rings is 1. The van der Waals surface area contributed by atoms with Crippen LogP contribution in [0.4, 0.5) is 11.4 Å². The van der Waals surface area contributed by atoms with Crippen molar-refractivity contribution in [2.75, 3.05) is 56.0 Å². The average Bonchev–Trinajstić information content (AvgIpc) is 3.40. The van der Waals surface area contributed by atoms with Gasteiger partial charge in [0.1, 0.15) is 6.04 Å². The molecule has 0 aliphatic carbocycles. The minimum atomic E-state index is 0.117. The molecule has 1 unspecified atom stereocenters. The van der Waals surface area contributed by atoms with E-state index < -0.39 is 0 Å². The third kappa shape index (κ3) is 4.57. The van der Waals surface area contributed by atoms with Crippen molar-refractivity contribution in [2.45, 2.75) is 25.8 Å². The van der Waals surface area contributed by atoms with Crippen LogP contribution < -0.4 is 20.0 Å². The van der Waals surface area contributed by atoms with E-state index in [1.165, 1.54) is 47.9 Å². The number of likely N-dealkylation sites (N-methyl/N-ethyl adjacent to an activating group) is 1. The first-order chi connectivity index (χ1) is 13.7. The minimum Gasteiger partial charge on any atom is -0.360 e. The second kappa shape index (κ2) is 9.07. The summed E-state index contributed by atoms with van der Waals surface area (Å²) in [6, 6.07) is 13.2. The van der Waals surface area contributed by atoms with Gasteiger partial charge >= 0.3 is 0 Å². The van der Waals surface area contributed by atoms with Gasteiger partial charge < -0.3 is 20.0 Å². The van der Waals surface area contributed by atoms with E-state index in [9.17, 15) is 4.79 Å². The molecule has 2 aliphatic heterocycles. The maximum atomic E-state index is 12.6. The number of likely N-dealkylation sites (tertiary alicyclic amines) is 1. The van der Waals surface area contributed by atoms with E-state index >= 15 is 0 Å². The Bertz CT molecular complexity index is 753. The molecule has 0 radical (unpaired) electrons. The number of carbonyl (C=O) groups is 1. The number of benzene rings is 1. The molecule has 2 aliphatic rings. The van der Waals surface area contributed by atoms with Gasteiger partial charge in [-0.25, -0.2) is 0 Å². The lowest BCUT2D eigenvalue weighted by atomic mass is 10.2. The zero-order chi connectivity index (χ0) is 19.3. The molecule has 3 N–H and O–H groups in total. The smallest absolute Gasteiger partial charge is 0.279 e. The Morgan fingerprint density at radius 2 is 1.96 bits per heavy atom. The number of nitrogens with one attached hydrogen (secondary N) is 3. The number of quaternary nitrogens is 2. The number of hydrogen-bond donors (Lipinski definition) is 3. The van der Waals surface area contributed by atoms with Gasteiger partial charge in [0.15, 0.2) is 6.54 Å². The van der Waals surface area contributed by atoms with Crippen molar-refractivity contribution in [1.82, 2.24) is 0 Å². The predicted molar refractivity (Wildman–Crippen MR) is 116 cm³/mol. The van der Waals surface area contributed by atoms with Crippen LogP contribution in [0.5, 0.6) is 0 Å². The first-order valence-electron chi connectivity index (χ1n) is 10.6. The van der Waals surface area contributed by atoms with Gasteiger partial charge in [-0.3, -0.25) is 4.79 Å². The summed E-state index contributed by atoms with van der Waals surface area (Å²) in [6.45, 7) is 9.74. The third-order valence-electron chi connectivity index (χ3n) is 6.24. The van der Waals surface area contributed by atoms with Gasteiger partial charge in [0.2, 0.25) is 0 Å². The molecule has 0 spiro atoms. The summed E-state index contributed by atoms with van der Waals surface area (Å²) < 4.78 is 0. The second-order valence-electron chi connectivity index (χ2n) is 7.98. The van der Waals surface area contributed by atoms with Gasteiger partial charge in [-0.1, -0.05) is 6.07 Å². The first-order valence-corrected chi connectivity index (χ1v) is 11.5. The molecule has 3 heterocycles. The van der Waals surface area contributed by atoms with E-state index in [-0.39, 0.29) is 5.91 Å². The molecule has 2 atom stereocenters. The average molecular weight is 401 g/mol. The fraction of sp³-hybridized carbons (Fsp3) is 0.500. The maximum absolute atomic E-state index is 12.6. The second-order valence-corrected chi connectivity index (χ2v) is 8.96. The zero-order valence-electron chi connectivity index (χ0n) is 16.7. The number of nitrogens with zero attached hydrogens (tertiary/aromatic N) is 1. The standard InChI is InChI=1S/C22H30N4OS/c1-2-24-12-14-25(15-13-24)19-9-7-18(8-10-19)23-22(27)17-26-11-3-5-20(26)21-6-4-16-28-21/h4,6-10,16,20H,2-3,5,11-15,17H2,1H3,(H,23,27)/p+2/t20-/m0/s1. The summed E-state index contributed by atoms with van der Waals surface area (Å²) in [4.78, 5) is 19.5. The molecule has 5 nitrogen and oxygen atoms in total. The lowest BCUT2D eigenvalue weighted by Crippen LogP contribution is -3.14. The van der Waals surface area contributed by atoms with Crippen LogP contribution in [0.25, 0.3) is 0 Å². The van der Waals surface area contributed by atoms with Crippen molar-refractivity contribution in [1.29, 1.82) is 0 Å². The van der Waals surface area contributed by atoms with E-state index in [0.717, 1.165) is 25.3 Å². The fourth-order valence-corrected chi connectivity index (χ4v) is 5.48. The number of carbonyl (C=O) groups excluding carboxylic acids is 1. The number of rotatable bonds is 6. The Labute approximate surface area is 171 Å². The van der Waals surface area contributed by atoms with Crippen LogP contribution in [-0.2, 0) is 4.79 Å². The van der Waals surface area contributed by atoms with Crippen molar-refractivity contribution in [3.8, 4) is 0 Å². The van der Waals surface area contributed by atoms with Crippen LogP contribution in [0.3, 0.4) is 0 Å². The topological polar surface area (TPSA) is 41.2 Å². The lowest BCUT2D eigenvalue weighted by molar-refractivity contribution is -0.910. The van der Waals surface area contributed by atoms with Gasteiger partial charge in [0.25, 0.3) is 5.91 Å². The number of amides is 1. The van der Waals surface area contributed by atoms with Crippen molar-refractivity contribution in [3.63, 3.8) is 0 Å². The first kappa shape index (κ1) is 19.4. The molecule has 6 heteroatoms. The molecule has 1 amide bonds. The fourth-order valence-electron chi connectivity index (χ4n) is 4.56. The van der Waals surface area contributed by atoms with Crippen molar-refractivity contribution >= 4 is 28.6 Å². The Morgan fingerprint density at radius 3 is 2.64 bits per heavy atom. The normalized spacial score (nSPS) is 23.1. The van der Waals surface area contributed by atoms with Gasteiger partial charge in [-0.15, -0.1) is 11.3 Å². The largest absolute Gasteiger partial charge is 0.360 e. The molecule has 2 fully saturated rings. The van der Waals surface area contributed by atoms with Crippen LogP contribution in [0.15, 0.2) is 41.8 Å². The lowest BCUT2D eigenvalue weighted by Gasteiger charge is -2.33. The highest BCUT2D eigenvalue weighted by atomic mass is 32.1. The zero-order valence-corrected chi connectivity index (χ0v) is 17.6. The minimum absolute atomic E-state index is 0.117. The Morgan fingerprint density at radius 1 is 1.18 bits per heavy atom. The third-order valence-corrected chi connectivity index (χ3v) is 7.23. The van der Waals surface area contributed by atoms with Crippen molar-refractivity contribution in [3.05, 3.63) is 46.7 Å². The quantitative estimate of drug-likeness (QED) is 0.672. The predicted octanol–water partition coefficient (Wildman–Crippen LogP) is 0.831. The summed E-state index contributed by atoms with van der Waals surface area (Å²) in [5.74, 6) is 0.117. The van der Waals surface area contributed by atoms with E-state index in [1.54, 1.807) is 4.90 Å². The number of hydrogen-bond acceptors (Lipinski definition) is 3. The van der Waals surface area contributed by atoms with Gasteiger partial charge in [-0.2, -0.15) is 0 Å². The molecule has 0 saturated carbocycles. The molecule has 2 aromatic rings. The molecule has 28 heavy (non-hydrogen) atoms. The molecule has 1 aromatic heterocycles. The van der Waals surface area contributed by atoms with Crippen molar-refractivity contribution < 1.29 is 14.6 Å². The number of thiophene rings is 1. The molecule has 2 saturated heterocycles. The van der Waals surface area contributed by atoms with Crippen LogP contribution in [-0.4, -0.2) is 51.7 Å².